The highest BCUT2D eigenvalue weighted by Gasteiger charge is 2.28. The fourth-order valence-electron chi connectivity index (χ4n) is 3.04. The van der Waals surface area contributed by atoms with Crippen molar-refractivity contribution < 1.29 is 9.90 Å². The summed E-state index contributed by atoms with van der Waals surface area (Å²) in [7, 11) is 0. The maximum absolute atomic E-state index is 11.6. The van der Waals surface area contributed by atoms with Gasteiger partial charge in [-0.15, -0.1) is 0 Å². The van der Waals surface area contributed by atoms with Gasteiger partial charge in [0.2, 0.25) is 0 Å². The van der Waals surface area contributed by atoms with Crippen molar-refractivity contribution in [2.75, 3.05) is 12.3 Å². The predicted octanol–water partition coefficient (Wildman–Crippen LogP) is 0.446. The van der Waals surface area contributed by atoms with E-state index in [2.05, 4.69) is 9.97 Å². The molecule has 2 aromatic rings. The third kappa shape index (κ3) is 1.90. The summed E-state index contributed by atoms with van der Waals surface area (Å²) >= 11 is 0. The van der Waals surface area contributed by atoms with Gasteiger partial charge < -0.3 is 21.1 Å². The van der Waals surface area contributed by atoms with Gasteiger partial charge in [0.05, 0.1) is 10.9 Å². The van der Waals surface area contributed by atoms with Crippen LogP contribution in [0.3, 0.4) is 0 Å². The van der Waals surface area contributed by atoms with Crippen molar-refractivity contribution in [2.24, 2.45) is 11.7 Å². The lowest BCUT2D eigenvalue weighted by molar-refractivity contribution is 0.100. The Morgan fingerprint density at radius 3 is 2.90 bits per heavy atom. The van der Waals surface area contributed by atoms with Crippen molar-refractivity contribution in [2.45, 2.75) is 25.3 Å². The first kappa shape index (κ1) is 12.9. The van der Waals surface area contributed by atoms with Crippen molar-refractivity contribution >= 4 is 22.8 Å². The minimum absolute atomic E-state index is 0.190. The molecule has 20 heavy (non-hydrogen) atoms. The van der Waals surface area contributed by atoms with Crippen LogP contribution in [0.25, 0.3) is 11.0 Å². The van der Waals surface area contributed by atoms with E-state index in [-0.39, 0.29) is 18.5 Å². The molecule has 0 radical (unpaired) electrons. The topological polar surface area (TPSA) is 120 Å². The second-order valence-corrected chi connectivity index (χ2v) is 5.29. The van der Waals surface area contributed by atoms with Crippen LogP contribution in [-0.4, -0.2) is 32.2 Å². The van der Waals surface area contributed by atoms with Crippen LogP contribution in [0.2, 0.25) is 0 Å². The van der Waals surface area contributed by atoms with Crippen molar-refractivity contribution in [3.05, 3.63) is 18.1 Å². The number of aliphatic hydroxyl groups is 1. The highest BCUT2D eigenvalue weighted by Crippen LogP contribution is 2.37. The average Bonchev–Trinajstić information content (AvgIpc) is 3.02. The first-order chi connectivity index (χ1) is 9.61. The number of nitrogen functional groups attached to an aromatic ring is 1. The Kier molecular flexibility index (Phi) is 3.06. The summed E-state index contributed by atoms with van der Waals surface area (Å²) in [6, 6.07) is 0.206. The van der Waals surface area contributed by atoms with E-state index in [9.17, 15) is 9.90 Å². The molecule has 1 aliphatic rings. The number of hydrogen-bond donors (Lipinski definition) is 3. The van der Waals surface area contributed by atoms with Crippen LogP contribution >= 0.6 is 0 Å². The number of nitrogens with zero attached hydrogens (tertiary/aromatic N) is 3. The van der Waals surface area contributed by atoms with E-state index in [1.54, 1.807) is 6.20 Å². The molecule has 3 rings (SSSR count). The predicted molar refractivity (Wildman–Crippen MR) is 73.9 cm³/mol. The van der Waals surface area contributed by atoms with Crippen molar-refractivity contribution in [1.82, 2.24) is 14.5 Å². The van der Waals surface area contributed by atoms with E-state index in [1.165, 1.54) is 6.33 Å². The minimum atomic E-state index is -0.535. The summed E-state index contributed by atoms with van der Waals surface area (Å²) in [4.78, 5) is 19.7. The van der Waals surface area contributed by atoms with Crippen LogP contribution in [0.1, 0.15) is 35.7 Å². The molecule has 7 heteroatoms. The fraction of sp³-hybridized carbons (Fsp3) is 0.462. The van der Waals surface area contributed by atoms with Gasteiger partial charge in [0, 0.05) is 18.8 Å². The SMILES string of the molecule is NC(=O)c1cn([C@H]2CC[C@@H](CO)C2)c2ncnc(N)c12. The highest BCUT2D eigenvalue weighted by atomic mass is 16.3. The van der Waals surface area contributed by atoms with Gasteiger partial charge in [0.1, 0.15) is 17.8 Å². The van der Waals surface area contributed by atoms with Crippen LogP contribution in [0.4, 0.5) is 5.82 Å². The Balaban J connectivity index is 2.12. The number of aromatic nitrogens is 3. The minimum Gasteiger partial charge on any atom is -0.396 e. The van der Waals surface area contributed by atoms with Gasteiger partial charge in [-0.25, -0.2) is 9.97 Å². The molecule has 1 saturated carbocycles. The van der Waals surface area contributed by atoms with Gasteiger partial charge in [-0.2, -0.15) is 0 Å². The van der Waals surface area contributed by atoms with Crippen LogP contribution in [0.5, 0.6) is 0 Å². The summed E-state index contributed by atoms with van der Waals surface area (Å²) < 4.78 is 1.95. The number of carbonyl (C=O) groups is 1. The number of amides is 1. The van der Waals surface area contributed by atoms with E-state index < -0.39 is 5.91 Å². The summed E-state index contributed by atoms with van der Waals surface area (Å²) in [5, 5.41) is 9.77. The number of rotatable bonds is 3. The Bertz CT molecular complexity index is 666. The molecular formula is C13H17N5O2. The van der Waals surface area contributed by atoms with E-state index in [4.69, 9.17) is 11.5 Å². The molecule has 106 valence electrons. The molecule has 0 aromatic carbocycles. The smallest absolute Gasteiger partial charge is 0.251 e. The number of aliphatic hydroxyl groups excluding tert-OH is 1. The summed E-state index contributed by atoms with van der Waals surface area (Å²) in [6.45, 7) is 0.190. The van der Waals surface area contributed by atoms with Crippen LogP contribution in [0.15, 0.2) is 12.5 Å². The molecule has 7 nitrogen and oxygen atoms in total. The second kappa shape index (κ2) is 4.75. The Morgan fingerprint density at radius 1 is 1.45 bits per heavy atom. The number of nitrogens with two attached hydrogens (primary N) is 2. The Morgan fingerprint density at radius 2 is 2.25 bits per heavy atom. The second-order valence-electron chi connectivity index (χ2n) is 5.29. The van der Waals surface area contributed by atoms with Crippen LogP contribution < -0.4 is 11.5 Å². The third-order valence-corrected chi connectivity index (χ3v) is 4.07. The van der Waals surface area contributed by atoms with Crippen LogP contribution in [-0.2, 0) is 0 Å². The molecule has 1 amide bonds. The van der Waals surface area contributed by atoms with Gasteiger partial charge in [-0.05, 0) is 25.2 Å². The van der Waals surface area contributed by atoms with Crippen LogP contribution in [0, 0.1) is 5.92 Å². The number of primary amides is 1. The van der Waals surface area contributed by atoms with E-state index >= 15 is 0 Å². The summed E-state index contributed by atoms with van der Waals surface area (Å²) in [5.74, 6) is 0.0277. The number of anilines is 1. The molecule has 0 spiro atoms. The molecular weight excluding hydrogens is 258 g/mol. The van der Waals surface area contributed by atoms with E-state index in [1.807, 2.05) is 4.57 Å². The Hall–Kier alpha value is -2.15. The standard InChI is InChI=1S/C13H17N5O2/c14-11-10-9(12(15)20)4-18(13(10)17-6-16-11)8-2-1-7(3-8)5-19/h4,6-8,19H,1-3,5H2,(H2,15,20)(H2,14,16,17)/t7-,8+/m1/s1. The quantitative estimate of drug-likeness (QED) is 0.751. The van der Waals surface area contributed by atoms with E-state index in [0.717, 1.165) is 19.3 Å². The maximum Gasteiger partial charge on any atom is 0.251 e. The largest absolute Gasteiger partial charge is 0.396 e. The molecule has 0 bridgehead atoms. The van der Waals surface area contributed by atoms with Crippen molar-refractivity contribution in [1.29, 1.82) is 0 Å². The lowest BCUT2D eigenvalue weighted by atomic mass is 10.1. The molecule has 2 atom stereocenters. The maximum atomic E-state index is 11.6. The van der Waals surface area contributed by atoms with Crippen molar-refractivity contribution in [3.63, 3.8) is 0 Å². The third-order valence-electron chi connectivity index (χ3n) is 4.07. The Labute approximate surface area is 115 Å². The zero-order chi connectivity index (χ0) is 14.3. The first-order valence-corrected chi connectivity index (χ1v) is 6.63. The van der Waals surface area contributed by atoms with Crippen molar-refractivity contribution in [3.8, 4) is 0 Å². The van der Waals surface area contributed by atoms with Gasteiger partial charge in [0.25, 0.3) is 5.91 Å². The molecule has 0 unspecified atom stereocenters. The number of carbonyl (C=O) groups excluding carboxylic acids is 1. The zero-order valence-corrected chi connectivity index (χ0v) is 11.0. The first-order valence-electron chi connectivity index (χ1n) is 6.63. The van der Waals surface area contributed by atoms with Gasteiger partial charge >= 0.3 is 0 Å². The molecule has 0 aliphatic heterocycles. The lowest BCUT2D eigenvalue weighted by Crippen LogP contribution is -2.11. The zero-order valence-electron chi connectivity index (χ0n) is 11.0. The van der Waals surface area contributed by atoms with E-state index in [0.29, 0.717) is 22.5 Å². The number of fused-ring (bicyclic) bond motifs is 1. The highest BCUT2D eigenvalue weighted by molar-refractivity contribution is 6.08. The molecule has 0 saturated heterocycles. The number of hydrogen-bond acceptors (Lipinski definition) is 5. The summed E-state index contributed by atoms with van der Waals surface area (Å²) in [5.41, 5.74) is 12.2. The molecule has 5 N–H and O–H groups in total. The van der Waals surface area contributed by atoms with Gasteiger partial charge in [-0.1, -0.05) is 0 Å². The molecule has 1 fully saturated rings. The molecule has 2 heterocycles. The lowest BCUT2D eigenvalue weighted by Gasteiger charge is -2.13. The summed E-state index contributed by atoms with van der Waals surface area (Å²) in [6.07, 6.45) is 5.87. The average molecular weight is 275 g/mol. The molecule has 2 aromatic heterocycles. The monoisotopic (exact) mass is 275 g/mol. The van der Waals surface area contributed by atoms with Gasteiger partial charge in [-0.3, -0.25) is 4.79 Å². The fourth-order valence-corrected chi connectivity index (χ4v) is 3.04. The normalized spacial score (nSPS) is 22.4. The van der Waals surface area contributed by atoms with Gasteiger partial charge in [0.15, 0.2) is 0 Å². The molecule has 1 aliphatic carbocycles.